The van der Waals surface area contributed by atoms with Gasteiger partial charge >= 0.3 is 11.9 Å². The fraction of sp³-hybridized carbons (Fsp3) is 0.208. The van der Waals surface area contributed by atoms with Crippen LogP contribution in [0.5, 0.6) is 11.5 Å². The minimum absolute atomic E-state index is 0.258. The number of methoxy groups -OCH3 is 2. The van der Waals surface area contributed by atoms with Crippen molar-refractivity contribution in [2.24, 2.45) is 0 Å². The molecule has 0 N–H and O–H groups in total. The number of carbonyl (C=O) groups is 2. The number of carbonyl (C=O) groups excluding carboxylic acids is 2. The third kappa shape index (κ3) is 4.49. The van der Waals surface area contributed by atoms with Crippen LogP contribution in [0, 0.1) is 0 Å². The summed E-state index contributed by atoms with van der Waals surface area (Å²) in [5.74, 6) is 0.0189. The van der Waals surface area contributed by atoms with E-state index in [9.17, 15) is 9.59 Å². The molecule has 0 amide bonds. The number of aromatic nitrogens is 2. The Balaban J connectivity index is 1.68. The van der Waals surface area contributed by atoms with E-state index < -0.39 is 18.0 Å². The van der Waals surface area contributed by atoms with E-state index in [0.717, 1.165) is 11.3 Å². The smallest absolute Gasteiger partial charge is 0.347 e. The van der Waals surface area contributed by atoms with Gasteiger partial charge in [0.25, 0.3) is 0 Å². The van der Waals surface area contributed by atoms with Crippen molar-refractivity contribution in [2.45, 2.75) is 12.5 Å². The Kier molecular flexibility index (Phi) is 6.21. The summed E-state index contributed by atoms with van der Waals surface area (Å²) in [7, 11) is 3.14. The average Bonchev–Trinajstić information content (AvgIpc) is 3.44. The van der Waals surface area contributed by atoms with E-state index in [1.54, 1.807) is 31.0 Å². The van der Waals surface area contributed by atoms with Gasteiger partial charge in [0.1, 0.15) is 5.69 Å². The molecule has 1 saturated heterocycles. The monoisotopic (exact) mass is 434 g/mol. The van der Waals surface area contributed by atoms with Gasteiger partial charge in [-0.05, 0) is 36.4 Å². The molecule has 0 bridgehead atoms. The molecule has 0 aliphatic carbocycles. The van der Waals surface area contributed by atoms with Crippen LogP contribution in [0.15, 0.2) is 60.8 Å². The summed E-state index contributed by atoms with van der Waals surface area (Å²) in [6.07, 6.45) is 4.21. The maximum Gasteiger partial charge on any atom is 0.347 e. The fourth-order valence-corrected chi connectivity index (χ4v) is 3.35. The standard InChI is InChI=1S/C24H22N2O6/c1-29-19-10-8-16(14-21(19)30-2)23-17(15-26(25-23)18-6-4-3-5-7-18)9-11-22(27)32-20-12-13-31-24(20)28/h3-11,14-15,20H,12-13H2,1-2H3. The van der Waals surface area contributed by atoms with Gasteiger partial charge in [-0.2, -0.15) is 5.10 Å². The lowest BCUT2D eigenvalue weighted by atomic mass is 10.1. The SMILES string of the molecule is COc1ccc(-c2nn(-c3ccccc3)cc2C=CC(=O)OC2CCOC2=O)cc1OC. The lowest BCUT2D eigenvalue weighted by molar-refractivity contribution is -0.156. The minimum Gasteiger partial charge on any atom is -0.493 e. The summed E-state index contributed by atoms with van der Waals surface area (Å²) < 4.78 is 22.5. The van der Waals surface area contributed by atoms with Crippen LogP contribution in [0.25, 0.3) is 23.0 Å². The molecule has 1 atom stereocenters. The topological polar surface area (TPSA) is 88.9 Å². The van der Waals surface area contributed by atoms with Crippen LogP contribution in [0.2, 0.25) is 0 Å². The lowest BCUT2D eigenvalue weighted by Crippen LogP contribution is -2.21. The van der Waals surface area contributed by atoms with Crippen LogP contribution in [-0.4, -0.2) is 48.6 Å². The van der Waals surface area contributed by atoms with Crippen LogP contribution >= 0.6 is 0 Å². The van der Waals surface area contributed by atoms with E-state index in [2.05, 4.69) is 0 Å². The third-order valence-electron chi connectivity index (χ3n) is 4.96. The number of benzene rings is 2. The van der Waals surface area contributed by atoms with Crippen molar-refractivity contribution in [3.8, 4) is 28.4 Å². The second kappa shape index (κ2) is 9.38. The molecule has 8 heteroatoms. The van der Waals surface area contributed by atoms with E-state index in [4.69, 9.17) is 24.0 Å². The van der Waals surface area contributed by atoms with Gasteiger partial charge in [0.2, 0.25) is 6.10 Å². The zero-order valence-electron chi connectivity index (χ0n) is 17.7. The Hall–Kier alpha value is -4.07. The van der Waals surface area contributed by atoms with Crippen molar-refractivity contribution >= 4 is 18.0 Å². The van der Waals surface area contributed by atoms with Gasteiger partial charge < -0.3 is 18.9 Å². The number of cyclic esters (lactones) is 1. The van der Waals surface area contributed by atoms with E-state index in [-0.39, 0.29) is 6.61 Å². The van der Waals surface area contributed by atoms with Crippen LogP contribution in [0.4, 0.5) is 0 Å². The van der Waals surface area contributed by atoms with Gasteiger partial charge in [-0.25, -0.2) is 14.3 Å². The average molecular weight is 434 g/mol. The molecular weight excluding hydrogens is 412 g/mol. The number of para-hydroxylation sites is 1. The number of rotatable bonds is 7. The summed E-state index contributed by atoms with van der Waals surface area (Å²) in [6, 6.07) is 15.1. The first-order valence-electron chi connectivity index (χ1n) is 10.0. The molecule has 32 heavy (non-hydrogen) atoms. The summed E-state index contributed by atoms with van der Waals surface area (Å²) in [5.41, 5.74) is 2.97. The molecule has 0 spiro atoms. The van der Waals surface area contributed by atoms with Gasteiger partial charge in [-0.3, -0.25) is 0 Å². The van der Waals surface area contributed by atoms with E-state index >= 15 is 0 Å². The molecule has 8 nitrogen and oxygen atoms in total. The Morgan fingerprint density at radius 1 is 1.12 bits per heavy atom. The maximum absolute atomic E-state index is 12.2. The summed E-state index contributed by atoms with van der Waals surface area (Å²) in [4.78, 5) is 23.8. The summed E-state index contributed by atoms with van der Waals surface area (Å²) >= 11 is 0. The predicted octanol–water partition coefficient (Wildman–Crippen LogP) is 3.43. The molecule has 2 heterocycles. The highest BCUT2D eigenvalue weighted by Crippen LogP contribution is 2.33. The molecule has 0 saturated carbocycles. The van der Waals surface area contributed by atoms with Crippen molar-refractivity contribution < 1.29 is 28.5 Å². The van der Waals surface area contributed by atoms with Crippen molar-refractivity contribution in [2.75, 3.05) is 20.8 Å². The zero-order chi connectivity index (χ0) is 22.5. The van der Waals surface area contributed by atoms with Crippen molar-refractivity contribution in [3.05, 3.63) is 66.4 Å². The number of nitrogens with zero attached hydrogens (tertiary/aromatic N) is 2. The van der Waals surface area contributed by atoms with Crippen molar-refractivity contribution in [1.29, 1.82) is 0 Å². The maximum atomic E-state index is 12.2. The molecule has 1 fully saturated rings. The van der Waals surface area contributed by atoms with Crippen LogP contribution in [0.3, 0.4) is 0 Å². The summed E-state index contributed by atoms with van der Waals surface area (Å²) in [6.45, 7) is 0.258. The molecule has 3 aromatic rings. The van der Waals surface area contributed by atoms with Gasteiger partial charge in [0, 0.05) is 29.8 Å². The molecule has 164 valence electrons. The first-order chi connectivity index (χ1) is 15.6. The van der Waals surface area contributed by atoms with Gasteiger partial charge in [0.15, 0.2) is 11.5 Å². The molecule has 1 aromatic heterocycles. The summed E-state index contributed by atoms with van der Waals surface area (Å²) in [5, 5.41) is 4.72. The first kappa shape index (κ1) is 21.2. The van der Waals surface area contributed by atoms with Crippen molar-refractivity contribution in [1.82, 2.24) is 9.78 Å². The second-order valence-corrected chi connectivity index (χ2v) is 7.00. The Bertz CT molecular complexity index is 1150. The van der Waals surface area contributed by atoms with Gasteiger partial charge in [-0.15, -0.1) is 0 Å². The number of ether oxygens (including phenoxy) is 4. The molecule has 1 aliphatic rings. The highest BCUT2D eigenvalue weighted by atomic mass is 16.6. The normalized spacial score (nSPS) is 15.6. The van der Waals surface area contributed by atoms with E-state index in [1.807, 2.05) is 48.7 Å². The highest BCUT2D eigenvalue weighted by Gasteiger charge is 2.29. The highest BCUT2D eigenvalue weighted by molar-refractivity contribution is 5.91. The van der Waals surface area contributed by atoms with Gasteiger partial charge in [-0.1, -0.05) is 18.2 Å². The second-order valence-electron chi connectivity index (χ2n) is 7.00. The first-order valence-corrected chi connectivity index (χ1v) is 10.0. The molecule has 1 unspecified atom stereocenters. The Morgan fingerprint density at radius 3 is 2.59 bits per heavy atom. The van der Waals surface area contributed by atoms with Crippen molar-refractivity contribution in [3.63, 3.8) is 0 Å². The van der Waals surface area contributed by atoms with E-state index in [0.29, 0.717) is 29.2 Å². The third-order valence-corrected chi connectivity index (χ3v) is 4.96. The predicted molar refractivity (Wildman–Crippen MR) is 117 cm³/mol. The molecule has 2 aromatic carbocycles. The molecule has 1 aliphatic heterocycles. The van der Waals surface area contributed by atoms with Crippen LogP contribution in [0.1, 0.15) is 12.0 Å². The molecule has 4 rings (SSSR count). The number of esters is 2. The van der Waals surface area contributed by atoms with E-state index in [1.165, 1.54) is 6.08 Å². The minimum atomic E-state index is -0.857. The van der Waals surface area contributed by atoms with Crippen LogP contribution in [-0.2, 0) is 19.1 Å². The lowest BCUT2D eigenvalue weighted by Gasteiger charge is -2.09. The fourth-order valence-electron chi connectivity index (χ4n) is 3.35. The zero-order valence-corrected chi connectivity index (χ0v) is 17.7. The Morgan fingerprint density at radius 2 is 1.91 bits per heavy atom. The Labute approximate surface area is 185 Å². The number of hydrogen-bond donors (Lipinski definition) is 0. The molecular formula is C24H22N2O6. The molecule has 0 radical (unpaired) electrons. The van der Waals surface area contributed by atoms with Gasteiger partial charge in [0.05, 0.1) is 26.5 Å². The number of hydrogen-bond acceptors (Lipinski definition) is 7. The quantitative estimate of drug-likeness (QED) is 0.416. The largest absolute Gasteiger partial charge is 0.493 e. The van der Waals surface area contributed by atoms with Crippen LogP contribution < -0.4 is 9.47 Å².